The monoisotopic (exact) mass is 323 g/mol. The van der Waals surface area contributed by atoms with Crippen LogP contribution in [0.3, 0.4) is 0 Å². The van der Waals surface area contributed by atoms with Crippen LogP contribution in [0.2, 0.25) is 0 Å². The number of halogens is 3. The molecule has 5 heteroatoms. The van der Waals surface area contributed by atoms with E-state index < -0.39 is 5.54 Å². The smallest absolute Gasteiger partial charge is 0.252 e. The minimum atomic E-state index is -0.588. The Kier molecular flexibility index (Phi) is 5.09. The lowest BCUT2D eigenvalue weighted by molar-refractivity contribution is 0.0920. The number of nitrogens with one attached hydrogen (secondary N) is 1. The molecular weight excluding hydrogens is 313 g/mol. The fourth-order valence-corrected chi connectivity index (χ4v) is 1.97. The standard InChI is InChI=1S/C11H12BrCl2NO/c1-11(6-13,7-14)15-10(16)8-4-2-3-5-9(8)12/h2-5H,6-7H2,1H3,(H,15,16). The Morgan fingerprint density at radius 2 is 1.94 bits per heavy atom. The highest BCUT2D eigenvalue weighted by atomic mass is 79.9. The van der Waals surface area contributed by atoms with Crippen molar-refractivity contribution in [3.05, 3.63) is 34.3 Å². The molecule has 0 radical (unpaired) electrons. The Morgan fingerprint density at radius 1 is 1.38 bits per heavy atom. The largest absolute Gasteiger partial charge is 0.344 e. The third-order valence-corrected chi connectivity index (χ3v) is 3.99. The first kappa shape index (κ1) is 13.8. The Hall–Kier alpha value is -0.250. The second-order valence-electron chi connectivity index (χ2n) is 3.76. The van der Waals surface area contributed by atoms with Crippen LogP contribution in [-0.4, -0.2) is 23.2 Å². The zero-order valence-electron chi connectivity index (χ0n) is 8.77. The lowest BCUT2D eigenvalue weighted by Crippen LogP contribution is -2.49. The van der Waals surface area contributed by atoms with Gasteiger partial charge in [-0.25, -0.2) is 0 Å². The SMILES string of the molecule is CC(CCl)(CCl)NC(=O)c1ccccc1Br. The molecule has 1 aromatic carbocycles. The van der Waals surface area contributed by atoms with E-state index in [1.54, 1.807) is 12.1 Å². The van der Waals surface area contributed by atoms with Gasteiger partial charge in [-0.2, -0.15) is 0 Å². The first-order chi connectivity index (χ1) is 7.52. The summed E-state index contributed by atoms with van der Waals surface area (Å²) in [6.07, 6.45) is 0. The molecule has 0 atom stereocenters. The molecule has 88 valence electrons. The molecular formula is C11H12BrCl2NO. The van der Waals surface area contributed by atoms with Gasteiger partial charge < -0.3 is 5.32 Å². The summed E-state index contributed by atoms with van der Waals surface area (Å²) >= 11 is 14.9. The van der Waals surface area contributed by atoms with Gasteiger partial charge in [0.15, 0.2) is 0 Å². The van der Waals surface area contributed by atoms with Gasteiger partial charge in [-0.05, 0) is 35.0 Å². The molecule has 2 nitrogen and oxygen atoms in total. The number of benzene rings is 1. The van der Waals surface area contributed by atoms with Gasteiger partial charge in [0.25, 0.3) is 5.91 Å². The van der Waals surface area contributed by atoms with Crippen molar-refractivity contribution in [3.63, 3.8) is 0 Å². The minimum Gasteiger partial charge on any atom is -0.344 e. The van der Waals surface area contributed by atoms with Crippen molar-refractivity contribution in [2.24, 2.45) is 0 Å². The van der Waals surface area contributed by atoms with E-state index in [0.29, 0.717) is 5.56 Å². The first-order valence-corrected chi connectivity index (χ1v) is 6.57. The second-order valence-corrected chi connectivity index (χ2v) is 5.15. The summed E-state index contributed by atoms with van der Waals surface area (Å²) < 4.78 is 0.749. The quantitative estimate of drug-likeness (QED) is 0.845. The number of rotatable bonds is 4. The zero-order valence-corrected chi connectivity index (χ0v) is 11.9. The summed E-state index contributed by atoms with van der Waals surface area (Å²) in [5.41, 5.74) is -0.0147. The van der Waals surface area contributed by atoms with E-state index in [-0.39, 0.29) is 17.7 Å². The molecule has 0 saturated heterocycles. The van der Waals surface area contributed by atoms with Crippen LogP contribution in [0.5, 0.6) is 0 Å². The minimum absolute atomic E-state index is 0.184. The zero-order chi connectivity index (χ0) is 12.2. The molecule has 0 fully saturated rings. The van der Waals surface area contributed by atoms with Crippen molar-refractivity contribution in [3.8, 4) is 0 Å². The lowest BCUT2D eigenvalue weighted by Gasteiger charge is -2.26. The van der Waals surface area contributed by atoms with Gasteiger partial charge in [-0.1, -0.05) is 12.1 Å². The van der Waals surface area contributed by atoms with E-state index in [4.69, 9.17) is 23.2 Å². The molecule has 0 spiro atoms. The van der Waals surface area contributed by atoms with Gasteiger partial charge in [0, 0.05) is 16.2 Å². The van der Waals surface area contributed by atoms with E-state index in [0.717, 1.165) is 4.47 Å². The average molecular weight is 325 g/mol. The van der Waals surface area contributed by atoms with Crippen LogP contribution < -0.4 is 5.32 Å². The lowest BCUT2D eigenvalue weighted by atomic mass is 10.1. The summed E-state index contributed by atoms with van der Waals surface area (Å²) in [6, 6.07) is 7.21. The maximum atomic E-state index is 11.9. The molecule has 16 heavy (non-hydrogen) atoms. The summed E-state index contributed by atoms with van der Waals surface area (Å²) in [5, 5.41) is 2.82. The molecule has 0 aliphatic rings. The van der Waals surface area contributed by atoms with Crippen LogP contribution in [0.4, 0.5) is 0 Å². The van der Waals surface area contributed by atoms with Crippen molar-refractivity contribution in [1.29, 1.82) is 0 Å². The number of alkyl halides is 2. The molecule has 0 heterocycles. The van der Waals surface area contributed by atoms with Crippen LogP contribution in [-0.2, 0) is 0 Å². The molecule has 0 aromatic heterocycles. The molecule has 0 aliphatic carbocycles. The maximum absolute atomic E-state index is 11.9. The van der Waals surface area contributed by atoms with E-state index >= 15 is 0 Å². The normalized spacial score (nSPS) is 11.2. The van der Waals surface area contributed by atoms with Gasteiger partial charge in [0.2, 0.25) is 0 Å². The van der Waals surface area contributed by atoms with Gasteiger partial charge in [-0.15, -0.1) is 23.2 Å². The molecule has 0 saturated carbocycles. The highest BCUT2D eigenvalue weighted by Gasteiger charge is 2.25. The average Bonchev–Trinajstić information content (AvgIpc) is 2.29. The van der Waals surface area contributed by atoms with Crippen LogP contribution >= 0.6 is 39.1 Å². The highest BCUT2D eigenvalue weighted by Crippen LogP contribution is 2.17. The van der Waals surface area contributed by atoms with E-state index in [2.05, 4.69) is 21.2 Å². The van der Waals surface area contributed by atoms with Crippen LogP contribution in [0, 0.1) is 0 Å². The van der Waals surface area contributed by atoms with Gasteiger partial charge in [0.05, 0.1) is 11.1 Å². The Morgan fingerprint density at radius 3 is 2.44 bits per heavy atom. The predicted molar refractivity (Wildman–Crippen MR) is 71.5 cm³/mol. The van der Waals surface area contributed by atoms with Crippen molar-refractivity contribution in [1.82, 2.24) is 5.32 Å². The molecule has 0 bridgehead atoms. The second kappa shape index (κ2) is 5.89. The van der Waals surface area contributed by atoms with Crippen molar-refractivity contribution >= 4 is 45.0 Å². The molecule has 0 unspecified atom stereocenters. The third-order valence-electron chi connectivity index (χ3n) is 2.12. The Balaban J connectivity index is 2.84. The number of hydrogen-bond acceptors (Lipinski definition) is 1. The summed E-state index contributed by atoms with van der Waals surface area (Å²) in [6.45, 7) is 1.81. The van der Waals surface area contributed by atoms with E-state index in [9.17, 15) is 4.79 Å². The first-order valence-electron chi connectivity index (χ1n) is 4.71. The summed E-state index contributed by atoms with van der Waals surface area (Å²) in [4.78, 5) is 11.9. The fourth-order valence-electron chi connectivity index (χ4n) is 1.09. The van der Waals surface area contributed by atoms with Gasteiger partial charge in [-0.3, -0.25) is 4.79 Å². The number of carbonyl (C=O) groups is 1. The molecule has 1 aromatic rings. The van der Waals surface area contributed by atoms with Gasteiger partial charge >= 0.3 is 0 Å². The molecule has 0 aliphatic heterocycles. The van der Waals surface area contributed by atoms with Crippen molar-refractivity contribution < 1.29 is 4.79 Å². The maximum Gasteiger partial charge on any atom is 0.252 e. The Bertz CT molecular complexity index is 380. The highest BCUT2D eigenvalue weighted by molar-refractivity contribution is 9.10. The Labute approximate surface area is 113 Å². The molecule has 1 N–H and O–H groups in total. The molecule has 1 rings (SSSR count). The summed E-state index contributed by atoms with van der Waals surface area (Å²) in [5.74, 6) is 0.357. The van der Waals surface area contributed by atoms with Crippen molar-refractivity contribution in [2.45, 2.75) is 12.5 Å². The topological polar surface area (TPSA) is 29.1 Å². The third kappa shape index (κ3) is 3.37. The van der Waals surface area contributed by atoms with Crippen LogP contribution in [0.25, 0.3) is 0 Å². The van der Waals surface area contributed by atoms with Crippen LogP contribution in [0.15, 0.2) is 28.7 Å². The molecule has 1 amide bonds. The number of amides is 1. The van der Waals surface area contributed by atoms with Gasteiger partial charge in [0.1, 0.15) is 0 Å². The number of hydrogen-bond donors (Lipinski definition) is 1. The number of carbonyl (C=O) groups excluding carboxylic acids is 1. The van der Waals surface area contributed by atoms with Crippen molar-refractivity contribution in [2.75, 3.05) is 11.8 Å². The van der Waals surface area contributed by atoms with E-state index in [1.165, 1.54) is 0 Å². The predicted octanol–water partition coefficient (Wildman–Crippen LogP) is 3.42. The van der Waals surface area contributed by atoms with Crippen LogP contribution in [0.1, 0.15) is 17.3 Å². The van der Waals surface area contributed by atoms with E-state index in [1.807, 2.05) is 19.1 Å². The fraction of sp³-hybridized carbons (Fsp3) is 0.364. The summed E-state index contributed by atoms with van der Waals surface area (Å²) in [7, 11) is 0.